The Bertz CT molecular complexity index is 836. The maximum atomic E-state index is 13.5. The second-order valence-electron chi connectivity index (χ2n) is 6.39. The molecule has 0 unspecified atom stereocenters. The predicted molar refractivity (Wildman–Crippen MR) is 111 cm³/mol. The summed E-state index contributed by atoms with van der Waals surface area (Å²) in [5.74, 6) is -0.619. The van der Waals surface area contributed by atoms with E-state index in [1.807, 2.05) is 66.9 Å². The molecule has 28 heavy (non-hydrogen) atoms. The summed E-state index contributed by atoms with van der Waals surface area (Å²) in [6.07, 6.45) is 1.90. The van der Waals surface area contributed by atoms with E-state index in [9.17, 15) is 9.59 Å². The van der Waals surface area contributed by atoms with E-state index in [-0.39, 0.29) is 17.4 Å². The van der Waals surface area contributed by atoms with Crippen LogP contribution in [0.5, 0.6) is 0 Å². The third-order valence-electron chi connectivity index (χ3n) is 4.72. The summed E-state index contributed by atoms with van der Waals surface area (Å²) >= 11 is 1.43. The number of benzene rings is 2. The van der Waals surface area contributed by atoms with E-state index in [1.165, 1.54) is 21.8 Å². The lowest BCUT2D eigenvalue weighted by atomic mass is 10.2. The van der Waals surface area contributed by atoms with Gasteiger partial charge in [0.25, 0.3) is 11.8 Å². The van der Waals surface area contributed by atoms with Gasteiger partial charge in [0.1, 0.15) is 5.57 Å². The van der Waals surface area contributed by atoms with Crippen LogP contribution in [0.25, 0.3) is 0 Å². The lowest BCUT2D eigenvalue weighted by molar-refractivity contribution is -0.116. The average Bonchev–Trinajstić information content (AvgIpc) is 3.01. The van der Waals surface area contributed by atoms with Crippen LogP contribution in [0.1, 0.15) is 0 Å². The Balaban J connectivity index is 1.84. The van der Waals surface area contributed by atoms with Crippen LogP contribution < -0.4 is 10.0 Å². The molecule has 2 fully saturated rings. The molecule has 0 aliphatic carbocycles. The highest BCUT2D eigenvalue weighted by Gasteiger charge is 2.45. The molecule has 0 N–H and O–H groups in total. The summed E-state index contributed by atoms with van der Waals surface area (Å²) in [6, 6.07) is 18.5. The van der Waals surface area contributed by atoms with Gasteiger partial charge in [0.2, 0.25) is 0 Å². The average molecular weight is 395 g/mol. The highest BCUT2D eigenvalue weighted by atomic mass is 32.2. The van der Waals surface area contributed by atoms with E-state index >= 15 is 0 Å². The van der Waals surface area contributed by atoms with Gasteiger partial charge < -0.3 is 9.64 Å². The number of hydrazine groups is 1. The highest BCUT2D eigenvalue weighted by molar-refractivity contribution is 8.02. The van der Waals surface area contributed by atoms with Gasteiger partial charge in [0, 0.05) is 13.1 Å². The van der Waals surface area contributed by atoms with Gasteiger partial charge in [0.15, 0.2) is 0 Å². The molecule has 2 aromatic rings. The molecule has 0 bridgehead atoms. The predicted octanol–water partition coefficient (Wildman–Crippen LogP) is 2.89. The number of carbonyl (C=O) groups is 2. The fourth-order valence-electron chi connectivity index (χ4n) is 3.43. The maximum absolute atomic E-state index is 13.5. The number of hydrogen-bond acceptors (Lipinski definition) is 5. The molecule has 2 aliphatic rings. The number of nitrogens with zero attached hydrogens (tertiary/aromatic N) is 3. The number of thioether (sulfide) groups is 1. The number of ether oxygens (including phenoxy) is 1. The molecule has 0 saturated carbocycles. The zero-order chi connectivity index (χ0) is 19.5. The minimum absolute atomic E-state index is 0.210. The van der Waals surface area contributed by atoms with Crippen molar-refractivity contribution < 1.29 is 14.3 Å². The van der Waals surface area contributed by atoms with Gasteiger partial charge >= 0.3 is 0 Å². The maximum Gasteiger partial charge on any atom is 0.285 e. The largest absolute Gasteiger partial charge is 0.378 e. The molecule has 2 saturated heterocycles. The summed E-state index contributed by atoms with van der Waals surface area (Å²) < 4.78 is 5.43. The molecule has 6 nitrogen and oxygen atoms in total. The molecule has 7 heteroatoms. The van der Waals surface area contributed by atoms with Gasteiger partial charge in [-0.15, -0.1) is 11.8 Å². The number of amides is 2. The van der Waals surface area contributed by atoms with Gasteiger partial charge in [-0.1, -0.05) is 36.4 Å². The van der Waals surface area contributed by atoms with Gasteiger partial charge in [-0.2, -0.15) is 0 Å². The zero-order valence-corrected chi connectivity index (χ0v) is 16.4. The minimum Gasteiger partial charge on any atom is -0.378 e. The van der Waals surface area contributed by atoms with Crippen molar-refractivity contribution in [1.29, 1.82) is 0 Å². The highest BCUT2D eigenvalue weighted by Crippen LogP contribution is 2.35. The number of para-hydroxylation sites is 2. The van der Waals surface area contributed by atoms with E-state index in [4.69, 9.17) is 4.74 Å². The van der Waals surface area contributed by atoms with Gasteiger partial charge in [0.05, 0.1) is 29.6 Å². The van der Waals surface area contributed by atoms with Crippen molar-refractivity contribution in [3.63, 3.8) is 0 Å². The van der Waals surface area contributed by atoms with Crippen LogP contribution in [-0.4, -0.2) is 49.3 Å². The van der Waals surface area contributed by atoms with Gasteiger partial charge in [-0.3, -0.25) is 9.59 Å². The van der Waals surface area contributed by atoms with Crippen molar-refractivity contribution in [2.75, 3.05) is 42.6 Å². The van der Waals surface area contributed by atoms with Crippen LogP contribution in [0.15, 0.2) is 71.3 Å². The Labute approximate surface area is 168 Å². The van der Waals surface area contributed by atoms with Gasteiger partial charge in [-0.05, 0) is 30.5 Å². The fourth-order valence-corrected chi connectivity index (χ4v) is 4.25. The Kier molecular flexibility index (Phi) is 5.36. The van der Waals surface area contributed by atoms with Crippen molar-refractivity contribution >= 4 is 35.0 Å². The van der Waals surface area contributed by atoms with Crippen LogP contribution in [0.3, 0.4) is 0 Å². The standard InChI is InChI=1S/C21H21N3O3S/c1-28-21(22-12-14-27-15-13-22)18-19(25)23(16-8-4-2-5-9-16)24(20(18)26)17-10-6-3-7-11-17/h2-11H,12-15H2,1H3. The molecular formula is C21H21N3O3S. The van der Waals surface area contributed by atoms with Crippen molar-refractivity contribution in [3.05, 3.63) is 71.3 Å². The molecule has 4 rings (SSSR count). The first kappa shape index (κ1) is 18.6. The molecule has 0 atom stereocenters. The van der Waals surface area contributed by atoms with E-state index in [0.29, 0.717) is 42.7 Å². The van der Waals surface area contributed by atoms with Crippen LogP contribution in [0.2, 0.25) is 0 Å². The number of hydrogen-bond donors (Lipinski definition) is 0. The van der Waals surface area contributed by atoms with Crippen LogP contribution >= 0.6 is 11.8 Å². The van der Waals surface area contributed by atoms with E-state index < -0.39 is 0 Å². The number of rotatable bonds is 4. The summed E-state index contributed by atoms with van der Waals surface area (Å²) in [4.78, 5) is 29.0. The Hall–Kier alpha value is -2.77. The molecule has 2 heterocycles. The van der Waals surface area contributed by atoms with Crippen LogP contribution in [-0.2, 0) is 14.3 Å². The molecule has 0 radical (unpaired) electrons. The second kappa shape index (κ2) is 8.08. The van der Waals surface area contributed by atoms with E-state index in [2.05, 4.69) is 4.90 Å². The third-order valence-corrected chi connectivity index (χ3v) is 5.57. The smallest absolute Gasteiger partial charge is 0.285 e. The number of carbonyl (C=O) groups excluding carboxylic acids is 2. The topological polar surface area (TPSA) is 53.1 Å². The molecule has 2 aromatic carbocycles. The summed E-state index contributed by atoms with van der Waals surface area (Å²) in [6.45, 7) is 2.50. The third kappa shape index (κ3) is 3.27. The Morgan fingerprint density at radius 2 is 1.29 bits per heavy atom. The van der Waals surface area contributed by atoms with Crippen molar-refractivity contribution in [3.8, 4) is 0 Å². The Morgan fingerprint density at radius 1 is 0.821 bits per heavy atom. The van der Waals surface area contributed by atoms with E-state index in [1.54, 1.807) is 0 Å². The molecule has 144 valence electrons. The van der Waals surface area contributed by atoms with Crippen LogP contribution in [0.4, 0.5) is 11.4 Å². The van der Waals surface area contributed by atoms with Crippen LogP contribution in [0, 0.1) is 0 Å². The SMILES string of the molecule is CSC(=C1C(=O)N(c2ccccc2)N(c2ccccc2)C1=O)N1CCOCC1. The molecule has 0 aromatic heterocycles. The van der Waals surface area contributed by atoms with Crippen molar-refractivity contribution in [1.82, 2.24) is 4.90 Å². The Morgan fingerprint density at radius 3 is 1.71 bits per heavy atom. The quantitative estimate of drug-likeness (QED) is 0.589. The summed E-state index contributed by atoms with van der Waals surface area (Å²) in [5.41, 5.74) is 1.52. The number of morpholine rings is 1. The second-order valence-corrected chi connectivity index (χ2v) is 7.18. The molecular weight excluding hydrogens is 374 g/mol. The zero-order valence-electron chi connectivity index (χ0n) is 15.6. The first-order valence-electron chi connectivity index (χ1n) is 9.12. The summed E-state index contributed by atoms with van der Waals surface area (Å²) in [5, 5.41) is 3.63. The fraction of sp³-hybridized carbons (Fsp3) is 0.238. The normalized spacial score (nSPS) is 17.5. The first-order valence-corrected chi connectivity index (χ1v) is 10.3. The molecule has 0 spiro atoms. The summed E-state index contributed by atoms with van der Waals surface area (Å²) in [7, 11) is 0. The molecule has 2 amide bonds. The lowest BCUT2D eigenvalue weighted by Crippen LogP contribution is -2.41. The van der Waals surface area contributed by atoms with E-state index in [0.717, 1.165) is 0 Å². The van der Waals surface area contributed by atoms with Gasteiger partial charge in [-0.25, -0.2) is 10.0 Å². The van der Waals surface area contributed by atoms with Crippen molar-refractivity contribution in [2.45, 2.75) is 0 Å². The molecule has 2 aliphatic heterocycles. The van der Waals surface area contributed by atoms with Crippen molar-refractivity contribution in [2.24, 2.45) is 0 Å². The minimum atomic E-state index is -0.309. The first-order chi connectivity index (χ1) is 13.7. The lowest BCUT2D eigenvalue weighted by Gasteiger charge is -2.30. The monoisotopic (exact) mass is 395 g/mol. The number of anilines is 2.